The van der Waals surface area contributed by atoms with Crippen LogP contribution in [0.4, 0.5) is 5.82 Å². The summed E-state index contributed by atoms with van der Waals surface area (Å²) in [5, 5.41) is 8.62. The Kier molecular flexibility index (Phi) is 5.76. The quantitative estimate of drug-likeness (QED) is 0.685. The highest BCUT2D eigenvalue weighted by Gasteiger charge is 2.11. The van der Waals surface area contributed by atoms with E-state index in [0.717, 1.165) is 0 Å². The van der Waals surface area contributed by atoms with E-state index >= 15 is 0 Å². The molecule has 0 spiro atoms. The van der Waals surface area contributed by atoms with Gasteiger partial charge in [-0.05, 0) is 26.0 Å². The third-order valence-electron chi connectivity index (χ3n) is 1.86. The molecule has 0 aliphatic heterocycles. The molecule has 0 aliphatic carbocycles. The maximum absolute atomic E-state index is 11.7. The van der Waals surface area contributed by atoms with E-state index in [1.54, 1.807) is 19.9 Å². The molecule has 1 aromatic heterocycles. The lowest BCUT2D eigenvalue weighted by Gasteiger charge is -2.10. The number of nitrogens with one attached hydrogen (secondary N) is 2. The van der Waals surface area contributed by atoms with Crippen molar-refractivity contribution in [2.75, 3.05) is 11.3 Å². The molecule has 0 radical (unpaired) electrons. The van der Waals surface area contributed by atoms with Crippen molar-refractivity contribution in [1.82, 2.24) is 9.71 Å². The van der Waals surface area contributed by atoms with Crippen molar-refractivity contribution in [3.8, 4) is 11.8 Å². The van der Waals surface area contributed by atoms with E-state index in [0.29, 0.717) is 12.0 Å². The van der Waals surface area contributed by atoms with Crippen LogP contribution in [0.2, 0.25) is 0 Å². The summed E-state index contributed by atoms with van der Waals surface area (Å²) in [7, 11) is -3.63. The predicted octanol–water partition coefficient (Wildman–Crippen LogP) is 0.470. The second-order valence-corrected chi connectivity index (χ2v) is 5.53. The SMILES string of the molecule is CC(C)NS(=O)(=O)Nc1cc(C#CCCO)ccn1. The summed E-state index contributed by atoms with van der Waals surface area (Å²) < 4.78 is 28.0. The molecule has 1 heterocycles. The molecular weight excluding hydrogens is 266 g/mol. The average molecular weight is 283 g/mol. The van der Waals surface area contributed by atoms with Crippen LogP contribution >= 0.6 is 0 Å². The number of anilines is 1. The first-order valence-corrected chi connectivity index (χ1v) is 7.27. The van der Waals surface area contributed by atoms with Gasteiger partial charge in [0.1, 0.15) is 5.82 Å². The number of pyridine rings is 1. The van der Waals surface area contributed by atoms with Crippen LogP contribution in [-0.2, 0) is 10.2 Å². The van der Waals surface area contributed by atoms with Gasteiger partial charge in [-0.25, -0.2) is 4.98 Å². The zero-order chi connectivity index (χ0) is 14.3. The van der Waals surface area contributed by atoms with E-state index in [4.69, 9.17) is 5.11 Å². The lowest BCUT2D eigenvalue weighted by atomic mass is 10.2. The molecule has 104 valence electrons. The fourth-order valence-electron chi connectivity index (χ4n) is 1.26. The molecule has 0 saturated carbocycles. The van der Waals surface area contributed by atoms with Gasteiger partial charge in [0.05, 0.1) is 6.61 Å². The maximum atomic E-state index is 11.7. The van der Waals surface area contributed by atoms with Crippen molar-refractivity contribution in [3.05, 3.63) is 23.9 Å². The number of hydrogen-bond donors (Lipinski definition) is 3. The van der Waals surface area contributed by atoms with Crippen molar-refractivity contribution in [2.45, 2.75) is 26.3 Å². The lowest BCUT2D eigenvalue weighted by molar-refractivity contribution is 0.305. The van der Waals surface area contributed by atoms with Crippen molar-refractivity contribution in [1.29, 1.82) is 0 Å². The van der Waals surface area contributed by atoms with Crippen molar-refractivity contribution >= 4 is 16.0 Å². The highest BCUT2D eigenvalue weighted by Crippen LogP contribution is 2.07. The highest BCUT2D eigenvalue weighted by atomic mass is 32.2. The zero-order valence-corrected chi connectivity index (χ0v) is 11.7. The Bertz CT molecular complexity index is 573. The molecule has 6 nitrogen and oxygen atoms in total. The Morgan fingerprint density at radius 1 is 1.47 bits per heavy atom. The summed E-state index contributed by atoms with van der Waals surface area (Å²) in [6, 6.07) is 2.99. The van der Waals surface area contributed by atoms with Gasteiger partial charge in [-0.2, -0.15) is 13.1 Å². The van der Waals surface area contributed by atoms with Gasteiger partial charge in [0.15, 0.2) is 0 Å². The number of aliphatic hydroxyl groups excluding tert-OH is 1. The molecular formula is C12H17N3O3S. The minimum Gasteiger partial charge on any atom is -0.395 e. The molecule has 19 heavy (non-hydrogen) atoms. The number of nitrogens with zero attached hydrogens (tertiary/aromatic N) is 1. The molecule has 0 saturated heterocycles. The molecule has 0 fully saturated rings. The van der Waals surface area contributed by atoms with Crippen molar-refractivity contribution in [2.24, 2.45) is 0 Å². The molecule has 0 atom stereocenters. The van der Waals surface area contributed by atoms with Crippen LogP contribution in [0.25, 0.3) is 0 Å². The third kappa shape index (κ3) is 6.20. The third-order valence-corrected chi connectivity index (χ3v) is 3.12. The monoisotopic (exact) mass is 283 g/mol. The molecule has 0 unspecified atom stereocenters. The summed E-state index contributed by atoms with van der Waals surface area (Å²) >= 11 is 0. The Morgan fingerprint density at radius 3 is 2.84 bits per heavy atom. The largest absolute Gasteiger partial charge is 0.395 e. The molecule has 7 heteroatoms. The summed E-state index contributed by atoms with van der Waals surface area (Å²) in [5.74, 6) is 5.76. The topological polar surface area (TPSA) is 91.3 Å². The van der Waals surface area contributed by atoms with Crippen molar-refractivity contribution in [3.63, 3.8) is 0 Å². The fourth-order valence-corrected chi connectivity index (χ4v) is 2.33. The Balaban J connectivity index is 2.81. The standard InChI is InChI=1S/C12H17N3O3S/c1-10(2)14-19(17,18)15-12-9-11(6-7-13-12)5-3-4-8-16/h6-7,9-10,14,16H,4,8H2,1-2H3,(H,13,15). The number of aromatic nitrogens is 1. The number of aliphatic hydroxyl groups is 1. The number of hydrogen-bond acceptors (Lipinski definition) is 4. The Labute approximate surface area is 113 Å². The van der Waals surface area contributed by atoms with Crippen LogP contribution in [0, 0.1) is 11.8 Å². The van der Waals surface area contributed by atoms with Gasteiger partial charge in [-0.1, -0.05) is 11.8 Å². The molecule has 1 aromatic rings. The minimum atomic E-state index is -3.63. The molecule has 0 aliphatic rings. The van der Waals surface area contributed by atoms with E-state index in [-0.39, 0.29) is 18.5 Å². The van der Waals surface area contributed by atoms with Crippen LogP contribution in [-0.4, -0.2) is 31.2 Å². The van der Waals surface area contributed by atoms with Crippen LogP contribution in [0.15, 0.2) is 18.3 Å². The minimum absolute atomic E-state index is 0.00409. The van der Waals surface area contributed by atoms with Gasteiger partial charge in [0, 0.05) is 24.2 Å². The second-order valence-electron chi connectivity index (χ2n) is 4.08. The molecule has 0 amide bonds. The molecule has 0 bridgehead atoms. The second kappa shape index (κ2) is 7.09. The Morgan fingerprint density at radius 2 is 2.21 bits per heavy atom. The smallest absolute Gasteiger partial charge is 0.300 e. The Hall–Kier alpha value is -1.62. The van der Waals surface area contributed by atoms with Gasteiger partial charge in [0.2, 0.25) is 0 Å². The first kappa shape index (κ1) is 15.4. The van der Waals surface area contributed by atoms with E-state index < -0.39 is 10.2 Å². The van der Waals surface area contributed by atoms with Gasteiger partial charge in [0.25, 0.3) is 10.2 Å². The zero-order valence-electron chi connectivity index (χ0n) is 10.8. The van der Waals surface area contributed by atoms with Crippen LogP contribution in [0.3, 0.4) is 0 Å². The van der Waals surface area contributed by atoms with Crippen LogP contribution in [0.1, 0.15) is 25.8 Å². The predicted molar refractivity (Wildman–Crippen MR) is 73.6 cm³/mol. The average Bonchev–Trinajstić information content (AvgIpc) is 2.27. The summed E-state index contributed by atoms with van der Waals surface area (Å²) in [6.07, 6.45) is 1.84. The van der Waals surface area contributed by atoms with Gasteiger partial charge in [-0.3, -0.25) is 4.72 Å². The molecule has 3 N–H and O–H groups in total. The van der Waals surface area contributed by atoms with Gasteiger partial charge >= 0.3 is 0 Å². The summed E-state index contributed by atoms with van der Waals surface area (Å²) in [5.41, 5.74) is 0.630. The lowest BCUT2D eigenvalue weighted by Crippen LogP contribution is -2.35. The van der Waals surface area contributed by atoms with E-state index in [9.17, 15) is 8.42 Å². The van der Waals surface area contributed by atoms with E-state index in [1.165, 1.54) is 12.3 Å². The van der Waals surface area contributed by atoms with Gasteiger partial charge < -0.3 is 5.11 Å². The molecule has 1 rings (SSSR count). The van der Waals surface area contributed by atoms with E-state index in [2.05, 4.69) is 26.3 Å². The maximum Gasteiger partial charge on any atom is 0.300 e. The molecule has 0 aromatic carbocycles. The fraction of sp³-hybridized carbons (Fsp3) is 0.417. The first-order chi connectivity index (χ1) is 8.93. The normalized spacial score (nSPS) is 10.9. The van der Waals surface area contributed by atoms with E-state index in [1.807, 2.05) is 0 Å². The van der Waals surface area contributed by atoms with Gasteiger partial charge in [-0.15, -0.1) is 0 Å². The number of rotatable bonds is 5. The summed E-state index contributed by atoms with van der Waals surface area (Å²) in [6.45, 7) is 3.45. The van der Waals surface area contributed by atoms with Crippen LogP contribution < -0.4 is 9.44 Å². The summed E-state index contributed by atoms with van der Waals surface area (Å²) in [4.78, 5) is 3.91. The van der Waals surface area contributed by atoms with Crippen LogP contribution in [0.5, 0.6) is 0 Å². The van der Waals surface area contributed by atoms with Crippen molar-refractivity contribution < 1.29 is 13.5 Å². The highest BCUT2D eigenvalue weighted by molar-refractivity contribution is 7.90. The first-order valence-electron chi connectivity index (χ1n) is 5.79.